The number of aromatic nitrogens is 20. The zero-order valence-corrected chi connectivity index (χ0v) is 73.5. The summed E-state index contributed by atoms with van der Waals surface area (Å²) in [6.07, 6.45) is 9.13. The molecule has 0 aliphatic carbocycles. The number of benzene rings is 12. The van der Waals surface area contributed by atoms with E-state index in [1.807, 2.05) is 225 Å². The SMILES string of the molecule is Cc1cc[c-]c(-c2nccn2C)c1.Cc1ccc(-c2ccn[n-]2)nc1.Cc1cnc(-c2[c-]cccc2)cc1C.[Ir].[Ir].[Ir].[c-]1cc(-n2c3ccccc3c3ccccc32)ccc1-c1nnc(-c2ccc(-n3c4ccccc4c4ccccc43)cc2)nn1.[c-]1ccccc1-c1nnc(-c2ccccc2)nn1.[c-]1ccccc1-c1nnc(-c2ccccc2)nn1. The van der Waals surface area contributed by atoms with Crippen molar-refractivity contribution >= 4 is 43.6 Å². The average Bonchev–Trinajstić information content (AvgIpc) is 1.60. The van der Waals surface area contributed by atoms with Crippen LogP contribution >= 0.6 is 0 Å². The van der Waals surface area contributed by atoms with Gasteiger partial charge in [-0.1, -0.05) is 170 Å². The smallest absolute Gasteiger partial charge is 0.201 e. The Kier molecular flexibility index (Phi) is 29.1. The number of hydrogen-bond acceptors (Lipinski definition) is 16. The zero-order valence-electron chi connectivity index (χ0n) is 66.4. The third kappa shape index (κ3) is 20.5. The maximum atomic E-state index is 4.42. The van der Waals surface area contributed by atoms with E-state index in [0.29, 0.717) is 34.9 Å². The number of para-hydroxylation sites is 4. The summed E-state index contributed by atoms with van der Waals surface area (Å²) in [6.45, 7) is 8.25. The van der Waals surface area contributed by atoms with Crippen molar-refractivity contribution in [2.24, 2.45) is 7.05 Å². The Morgan fingerprint density at radius 3 is 1.12 bits per heavy atom. The van der Waals surface area contributed by atoms with E-state index in [4.69, 9.17) is 0 Å². The maximum absolute atomic E-state index is 4.42. The molecule has 12 aromatic carbocycles. The third-order valence-electron chi connectivity index (χ3n) is 19.3. The van der Waals surface area contributed by atoms with Crippen molar-refractivity contribution in [1.29, 1.82) is 0 Å². The fourth-order valence-electron chi connectivity index (χ4n) is 13.1. The molecule has 0 aliphatic heterocycles. The van der Waals surface area contributed by atoms with Gasteiger partial charge in [0.05, 0.1) is 16.9 Å². The standard InChI is InChI=1S/C38H23N6.2C14H9N4.C13H12N.C11H11N2.C9H8N3.3Ir/c1-5-13-33-29(9-1)30-10-2-6-14-34(30)43(33)27-21-17-25(18-22-27)37-39-41-38(42-40-37)26-19-23-28(24-20-26)44-35-15-7-3-11-31(35)32-12-4-8-16-36(32)44;2*1-3-7-11(8-4-1)13-15-17-14(18-16-13)12-9-5-2-6-10-12;1-10-8-13(14-9-11(10)2)12-6-4-3-5-7-12;1-9-4-3-5-10(8-9)11-12-6-7-13(11)2;1-7-2-3-8(10-6-7)9-4-5-11-12-9;;;/h1-19,21-24H;2*1-9H;3-6,8-9H,1-2H3;3-4,6-8H,1-2H3;2-6H,1H3;;;/q6*-1;;;. The molecule has 20 nitrogen and oxygen atoms in total. The van der Waals surface area contributed by atoms with Gasteiger partial charge in [0.2, 0.25) is 17.5 Å². The van der Waals surface area contributed by atoms with E-state index in [0.717, 1.165) is 95.4 Å². The Bertz CT molecular complexity index is 6340. The molecule has 0 fully saturated rings. The second-order valence-corrected chi connectivity index (χ2v) is 27.4. The molecular weight excluding hydrogens is 2050 g/mol. The summed E-state index contributed by atoms with van der Waals surface area (Å²) in [5.41, 5.74) is 21.4. The van der Waals surface area contributed by atoms with Gasteiger partial charge in [0.1, 0.15) is 17.5 Å². The zero-order chi connectivity index (χ0) is 81.1. The van der Waals surface area contributed by atoms with Gasteiger partial charge in [-0.15, -0.1) is 203 Å². The van der Waals surface area contributed by atoms with E-state index in [-0.39, 0.29) is 60.3 Å². The summed E-state index contributed by atoms with van der Waals surface area (Å²) in [7, 11) is 1.98. The summed E-state index contributed by atoms with van der Waals surface area (Å²) < 4.78 is 6.54. The molecule has 0 spiro atoms. The Labute approximate surface area is 745 Å². The fourth-order valence-corrected chi connectivity index (χ4v) is 13.1. The second kappa shape index (κ2) is 41.4. The minimum atomic E-state index is 0. The summed E-state index contributed by atoms with van der Waals surface area (Å²) in [5.74, 6) is 3.88. The number of pyridine rings is 2. The molecule has 601 valence electrons. The molecule has 0 saturated heterocycles. The second-order valence-electron chi connectivity index (χ2n) is 27.4. The molecule has 0 amide bonds. The van der Waals surface area contributed by atoms with Crippen molar-refractivity contribution in [2.45, 2.75) is 27.7 Å². The minimum Gasteiger partial charge on any atom is -0.574 e. The van der Waals surface area contributed by atoms with Crippen molar-refractivity contribution in [1.82, 2.24) is 100 Å². The average molecular weight is 2120 g/mol. The Hall–Kier alpha value is -14.3. The van der Waals surface area contributed by atoms with Crippen LogP contribution in [0.25, 0.3) is 157 Å². The normalized spacial score (nSPS) is 10.5. The number of imidazole rings is 1. The number of nitrogens with zero attached hydrogens (tertiary/aromatic N) is 20. The van der Waals surface area contributed by atoms with E-state index >= 15 is 0 Å². The van der Waals surface area contributed by atoms with E-state index in [1.165, 1.54) is 49.3 Å². The number of aryl methyl sites for hydroxylation is 5. The predicted octanol–water partition coefficient (Wildman–Crippen LogP) is 20.2. The van der Waals surface area contributed by atoms with Crippen LogP contribution in [0.2, 0.25) is 0 Å². The Morgan fingerprint density at radius 2 is 0.713 bits per heavy atom. The van der Waals surface area contributed by atoms with Gasteiger partial charge in [0.15, 0.2) is 0 Å². The van der Waals surface area contributed by atoms with Gasteiger partial charge >= 0.3 is 0 Å². The quantitative estimate of drug-likeness (QED) is 0.109. The van der Waals surface area contributed by atoms with Crippen LogP contribution in [-0.2, 0) is 67.4 Å². The van der Waals surface area contributed by atoms with Gasteiger partial charge in [-0.05, 0) is 97.9 Å². The van der Waals surface area contributed by atoms with Gasteiger partial charge in [-0.2, -0.15) is 30.6 Å². The molecule has 0 saturated carbocycles. The molecule has 23 heteroatoms. The summed E-state index contributed by atoms with van der Waals surface area (Å²) in [5, 5.41) is 62.8. The first kappa shape index (κ1) is 85.6. The van der Waals surface area contributed by atoms with Gasteiger partial charge in [0, 0.05) is 159 Å². The summed E-state index contributed by atoms with van der Waals surface area (Å²) in [4.78, 5) is 12.9. The van der Waals surface area contributed by atoms with Crippen LogP contribution in [0.5, 0.6) is 0 Å². The maximum Gasteiger partial charge on any atom is 0.201 e. The molecule has 122 heavy (non-hydrogen) atoms. The van der Waals surface area contributed by atoms with Crippen molar-refractivity contribution in [3.8, 4) is 114 Å². The van der Waals surface area contributed by atoms with Crippen LogP contribution in [0.15, 0.2) is 346 Å². The molecular formula is C99H72Ir3N20-6. The van der Waals surface area contributed by atoms with Gasteiger partial charge in [0.25, 0.3) is 0 Å². The van der Waals surface area contributed by atoms with Crippen LogP contribution in [0.3, 0.4) is 0 Å². The number of rotatable bonds is 11. The Morgan fingerprint density at radius 1 is 0.295 bits per heavy atom. The van der Waals surface area contributed by atoms with Crippen LogP contribution in [0.1, 0.15) is 22.3 Å². The molecule has 21 aromatic rings. The fraction of sp³-hybridized carbons (Fsp3) is 0.0505. The van der Waals surface area contributed by atoms with Crippen molar-refractivity contribution < 1.29 is 60.3 Å². The van der Waals surface area contributed by atoms with Crippen LogP contribution in [0.4, 0.5) is 0 Å². The van der Waals surface area contributed by atoms with E-state index < -0.39 is 0 Å². The van der Waals surface area contributed by atoms with E-state index in [1.54, 1.807) is 12.4 Å². The first-order valence-electron chi connectivity index (χ1n) is 38.2. The molecule has 21 rings (SSSR count). The third-order valence-corrected chi connectivity index (χ3v) is 19.3. The van der Waals surface area contributed by atoms with E-state index in [2.05, 4.69) is 274 Å². The largest absolute Gasteiger partial charge is 0.574 e. The minimum absolute atomic E-state index is 0. The van der Waals surface area contributed by atoms with Crippen molar-refractivity contribution in [3.05, 3.63) is 399 Å². The van der Waals surface area contributed by atoms with Gasteiger partial charge < -0.3 is 28.9 Å². The topological polar surface area (TPSA) is 235 Å². The molecule has 3 radical (unpaired) electrons. The van der Waals surface area contributed by atoms with Gasteiger partial charge in [-0.3, -0.25) is 9.97 Å². The molecule has 0 aliphatic rings. The first-order chi connectivity index (χ1) is 58.6. The number of hydrogen-bond donors (Lipinski definition) is 0. The molecule has 0 N–H and O–H groups in total. The molecule has 0 bridgehead atoms. The van der Waals surface area contributed by atoms with Gasteiger partial charge in [-0.25, -0.2) is 0 Å². The van der Waals surface area contributed by atoms with Crippen LogP contribution < -0.4 is 5.10 Å². The Balaban J connectivity index is 0.000000138. The van der Waals surface area contributed by atoms with E-state index in [9.17, 15) is 0 Å². The molecule has 0 unspecified atom stereocenters. The van der Waals surface area contributed by atoms with Crippen molar-refractivity contribution in [2.75, 3.05) is 0 Å². The first-order valence-corrected chi connectivity index (χ1v) is 38.2. The predicted molar refractivity (Wildman–Crippen MR) is 466 cm³/mol. The molecule has 9 aromatic heterocycles. The van der Waals surface area contributed by atoms with Crippen LogP contribution in [0, 0.1) is 58.0 Å². The van der Waals surface area contributed by atoms with Crippen molar-refractivity contribution in [3.63, 3.8) is 0 Å². The monoisotopic (exact) mass is 2120 g/mol. The molecule has 9 heterocycles. The van der Waals surface area contributed by atoms with Crippen LogP contribution in [-0.4, -0.2) is 94.9 Å². The number of fused-ring (bicyclic) bond motifs is 6. The summed E-state index contributed by atoms with van der Waals surface area (Å²) >= 11 is 0. The molecule has 0 atom stereocenters. The summed E-state index contributed by atoms with van der Waals surface area (Å²) in [6, 6.07) is 120.